The number of carbonyl (C=O) groups is 2. The van der Waals surface area contributed by atoms with Crippen LogP contribution in [-0.2, 0) is 9.59 Å². The van der Waals surface area contributed by atoms with Crippen molar-refractivity contribution in [3.8, 4) is 0 Å². The fraction of sp³-hybridized carbons (Fsp3) is 0.692. The summed E-state index contributed by atoms with van der Waals surface area (Å²) in [4.78, 5) is 23.1. The van der Waals surface area contributed by atoms with Gasteiger partial charge >= 0.3 is 0 Å². The first-order valence-electron chi connectivity index (χ1n) is 6.33. The van der Waals surface area contributed by atoms with E-state index in [1.165, 1.54) is 0 Å². The smallest absolute Gasteiger partial charge is 0.246 e. The van der Waals surface area contributed by atoms with Crippen LogP contribution < -0.4 is 11.1 Å². The number of hydrogen-bond acceptors (Lipinski definition) is 2. The fourth-order valence-corrected chi connectivity index (χ4v) is 2.33. The van der Waals surface area contributed by atoms with E-state index >= 15 is 0 Å². The van der Waals surface area contributed by atoms with Crippen molar-refractivity contribution in [3.63, 3.8) is 0 Å². The van der Waals surface area contributed by atoms with Crippen LogP contribution in [0.2, 0.25) is 0 Å². The highest BCUT2D eigenvalue weighted by Gasteiger charge is 2.30. The Bertz CT molecular complexity index is 323. The van der Waals surface area contributed by atoms with Crippen LogP contribution in [0.25, 0.3) is 0 Å². The lowest BCUT2D eigenvalue weighted by Crippen LogP contribution is -2.47. The topological polar surface area (TPSA) is 72.2 Å². The molecule has 0 aliphatic heterocycles. The Labute approximate surface area is 103 Å². The van der Waals surface area contributed by atoms with E-state index in [9.17, 15) is 9.59 Å². The number of nitrogens with two attached hydrogens (primary N) is 1. The van der Waals surface area contributed by atoms with Gasteiger partial charge in [0.05, 0.1) is 5.92 Å². The van der Waals surface area contributed by atoms with Crippen molar-refractivity contribution in [2.75, 3.05) is 0 Å². The summed E-state index contributed by atoms with van der Waals surface area (Å²) >= 11 is 0. The van der Waals surface area contributed by atoms with Gasteiger partial charge < -0.3 is 11.1 Å². The molecular formula is C13H22N2O2. The van der Waals surface area contributed by atoms with Gasteiger partial charge in [-0.25, -0.2) is 0 Å². The lowest BCUT2D eigenvalue weighted by Gasteiger charge is -2.30. The van der Waals surface area contributed by atoms with E-state index in [2.05, 4.69) is 5.32 Å². The number of rotatable bonds is 4. The molecule has 0 bridgehead atoms. The van der Waals surface area contributed by atoms with Crippen LogP contribution in [-0.4, -0.2) is 17.9 Å². The molecule has 17 heavy (non-hydrogen) atoms. The minimum absolute atomic E-state index is 0.0787. The number of amides is 2. The normalized spacial score (nSPS) is 25.4. The van der Waals surface area contributed by atoms with Gasteiger partial charge in [0.25, 0.3) is 0 Å². The van der Waals surface area contributed by atoms with E-state index < -0.39 is 0 Å². The van der Waals surface area contributed by atoms with Gasteiger partial charge in [-0.15, -0.1) is 0 Å². The van der Waals surface area contributed by atoms with Gasteiger partial charge in [0.1, 0.15) is 0 Å². The zero-order valence-electron chi connectivity index (χ0n) is 10.7. The Hall–Kier alpha value is -1.32. The monoisotopic (exact) mass is 238 g/mol. The van der Waals surface area contributed by atoms with Crippen LogP contribution in [0.5, 0.6) is 0 Å². The molecule has 0 saturated heterocycles. The second kappa shape index (κ2) is 6.42. The number of carbonyl (C=O) groups excluding carboxylic acids is 2. The maximum atomic E-state index is 11.8. The highest BCUT2D eigenvalue weighted by Crippen LogP contribution is 2.24. The van der Waals surface area contributed by atoms with Crippen molar-refractivity contribution >= 4 is 11.8 Å². The van der Waals surface area contributed by atoms with Crippen molar-refractivity contribution in [2.24, 2.45) is 11.7 Å². The quantitative estimate of drug-likeness (QED) is 0.728. The minimum Gasteiger partial charge on any atom is -0.369 e. The van der Waals surface area contributed by atoms with Crippen LogP contribution in [0, 0.1) is 5.92 Å². The summed E-state index contributed by atoms with van der Waals surface area (Å²) in [6.45, 7) is 3.78. The van der Waals surface area contributed by atoms with Gasteiger partial charge in [-0.1, -0.05) is 25.8 Å². The highest BCUT2D eigenvalue weighted by atomic mass is 16.2. The highest BCUT2D eigenvalue weighted by molar-refractivity contribution is 5.93. The molecule has 1 aliphatic carbocycles. The summed E-state index contributed by atoms with van der Waals surface area (Å²) in [5.74, 6) is -0.584. The van der Waals surface area contributed by atoms with E-state index in [0.717, 1.165) is 32.1 Å². The lowest BCUT2D eigenvalue weighted by atomic mass is 9.84. The Morgan fingerprint density at radius 1 is 1.35 bits per heavy atom. The number of allylic oxidation sites excluding steroid dienone is 1. The fourth-order valence-electron chi connectivity index (χ4n) is 2.33. The van der Waals surface area contributed by atoms with Gasteiger partial charge in [0.15, 0.2) is 0 Å². The first kappa shape index (κ1) is 13.7. The first-order valence-corrected chi connectivity index (χ1v) is 6.33. The second-order valence-electron chi connectivity index (χ2n) is 4.67. The largest absolute Gasteiger partial charge is 0.369 e. The molecule has 0 aromatic carbocycles. The van der Waals surface area contributed by atoms with Crippen LogP contribution in [0.4, 0.5) is 0 Å². The molecule has 96 valence electrons. The number of primary amides is 1. The van der Waals surface area contributed by atoms with Crippen molar-refractivity contribution in [1.29, 1.82) is 0 Å². The summed E-state index contributed by atoms with van der Waals surface area (Å²) in [5.41, 5.74) is 6.07. The SMILES string of the molecule is CC/C=C(\C)C(=O)N[C@H]1CCCC[C@H]1C(N)=O. The molecule has 4 heteroatoms. The molecule has 0 spiro atoms. The third-order valence-electron chi connectivity index (χ3n) is 3.32. The molecule has 2 amide bonds. The molecule has 2 atom stereocenters. The molecule has 1 rings (SSSR count). The van der Waals surface area contributed by atoms with E-state index in [1.807, 2.05) is 13.0 Å². The first-order chi connectivity index (χ1) is 8.06. The Morgan fingerprint density at radius 3 is 2.59 bits per heavy atom. The molecule has 0 heterocycles. The number of hydrogen-bond donors (Lipinski definition) is 2. The van der Waals surface area contributed by atoms with Crippen LogP contribution in [0.15, 0.2) is 11.6 Å². The van der Waals surface area contributed by atoms with E-state index in [4.69, 9.17) is 5.73 Å². The van der Waals surface area contributed by atoms with Gasteiger partial charge in [-0.05, 0) is 26.2 Å². The van der Waals surface area contributed by atoms with E-state index in [-0.39, 0.29) is 23.8 Å². The molecule has 1 saturated carbocycles. The molecule has 0 unspecified atom stereocenters. The average molecular weight is 238 g/mol. The maximum absolute atomic E-state index is 11.8. The lowest BCUT2D eigenvalue weighted by molar-refractivity contribution is -0.124. The van der Waals surface area contributed by atoms with Gasteiger partial charge in [0, 0.05) is 11.6 Å². The van der Waals surface area contributed by atoms with Crippen LogP contribution in [0.3, 0.4) is 0 Å². The van der Waals surface area contributed by atoms with E-state index in [1.54, 1.807) is 6.92 Å². The minimum atomic E-state index is -0.299. The molecular weight excluding hydrogens is 216 g/mol. The average Bonchev–Trinajstić information content (AvgIpc) is 2.29. The van der Waals surface area contributed by atoms with Crippen LogP contribution >= 0.6 is 0 Å². The number of nitrogens with one attached hydrogen (secondary N) is 1. The van der Waals surface area contributed by atoms with Gasteiger partial charge in [-0.2, -0.15) is 0 Å². The van der Waals surface area contributed by atoms with Crippen molar-refractivity contribution in [2.45, 2.75) is 52.0 Å². The van der Waals surface area contributed by atoms with Gasteiger partial charge in [-0.3, -0.25) is 9.59 Å². The second-order valence-corrected chi connectivity index (χ2v) is 4.67. The molecule has 0 aromatic heterocycles. The summed E-state index contributed by atoms with van der Waals surface area (Å²) in [7, 11) is 0. The van der Waals surface area contributed by atoms with Crippen molar-refractivity contribution < 1.29 is 9.59 Å². The zero-order valence-corrected chi connectivity index (χ0v) is 10.7. The van der Waals surface area contributed by atoms with Crippen molar-refractivity contribution in [3.05, 3.63) is 11.6 Å². The molecule has 4 nitrogen and oxygen atoms in total. The molecule has 1 aliphatic rings. The molecule has 0 radical (unpaired) electrons. The van der Waals surface area contributed by atoms with Gasteiger partial charge in [0.2, 0.25) is 11.8 Å². The zero-order chi connectivity index (χ0) is 12.8. The third kappa shape index (κ3) is 3.88. The van der Waals surface area contributed by atoms with Crippen molar-refractivity contribution in [1.82, 2.24) is 5.32 Å². The standard InChI is InChI=1S/C13H22N2O2/c1-3-6-9(2)13(17)15-11-8-5-4-7-10(11)12(14)16/h6,10-11H,3-5,7-8H2,1-2H3,(H2,14,16)(H,15,17)/b9-6+/t10-,11+/m1/s1. The third-order valence-corrected chi connectivity index (χ3v) is 3.32. The summed E-state index contributed by atoms with van der Waals surface area (Å²) in [5, 5.41) is 2.93. The molecule has 3 N–H and O–H groups in total. The summed E-state index contributed by atoms with van der Waals surface area (Å²) in [6, 6.07) is -0.0889. The Kier molecular flexibility index (Phi) is 5.19. The summed E-state index contributed by atoms with van der Waals surface area (Å²) < 4.78 is 0. The predicted molar refractivity (Wildman–Crippen MR) is 67.1 cm³/mol. The van der Waals surface area contributed by atoms with Crippen LogP contribution in [0.1, 0.15) is 46.0 Å². The molecule has 1 fully saturated rings. The maximum Gasteiger partial charge on any atom is 0.246 e. The Morgan fingerprint density at radius 2 is 2.00 bits per heavy atom. The predicted octanol–water partition coefficient (Wildman–Crippen LogP) is 1.50. The molecule has 0 aromatic rings. The van der Waals surface area contributed by atoms with E-state index in [0.29, 0.717) is 5.57 Å². The Balaban J connectivity index is 2.62. The summed E-state index contributed by atoms with van der Waals surface area (Å²) in [6.07, 6.45) is 6.42.